The van der Waals surface area contributed by atoms with Crippen LogP contribution < -0.4 is 0 Å². The van der Waals surface area contributed by atoms with E-state index >= 15 is 0 Å². The Morgan fingerprint density at radius 2 is 1.36 bits per heavy atom. The molecule has 0 amide bonds. The second-order valence-electron chi connectivity index (χ2n) is 10.9. The minimum atomic E-state index is -4.02. The Morgan fingerprint density at radius 1 is 0.786 bits per heavy atom. The zero-order chi connectivity index (χ0) is 20.8. The van der Waals surface area contributed by atoms with E-state index < -0.39 is 36.3 Å². The van der Waals surface area contributed by atoms with Gasteiger partial charge in [-0.05, 0) is 93.8 Å². The van der Waals surface area contributed by atoms with Crippen LogP contribution in [0.1, 0.15) is 60.3 Å². The van der Waals surface area contributed by atoms with Gasteiger partial charge in [-0.3, -0.25) is 8.74 Å². The average Bonchev–Trinajstić information content (AvgIpc) is 3.22. The van der Waals surface area contributed by atoms with E-state index in [9.17, 15) is 21.4 Å². The number of hydrogen-bond acceptors (Lipinski definition) is 5. The van der Waals surface area contributed by atoms with Crippen LogP contribution in [0, 0.1) is 47.3 Å². The van der Waals surface area contributed by atoms with E-state index in [0.717, 1.165) is 12.8 Å². The maximum atomic E-state index is 12.9. The topological polar surface area (TPSA) is 97.7 Å². The van der Waals surface area contributed by atoms with E-state index in [-0.39, 0.29) is 23.7 Å². The fourth-order valence-corrected chi connectivity index (χ4v) is 11.0. The Bertz CT molecular complexity index is 840. The highest BCUT2D eigenvalue weighted by Crippen LogP contribution is 2.65. The quantitative estimate of drug-likeness (QED) is 0.538. The molecular weight excluding hydrogens is 400 g/mol. The Hall–Kier alpha value is -0.180. The highest BCUT2D eigenvalue weighted by Gasteiger charge is 2.63. The molecule has 6 nitrogen and oxygen atoms in total. The Kier molecular flexibility index (Phi) is 4.82. The summed E-state index contributed by atoms with van der Waals surface area (Å²) in [5.41, 5.74) is -0.731. The minimum Gasteiger partial charge on any atom is -0.285 e. The van der Waals surface area contributed by atoms with E-state index in [1.165, 1.54) is 0 Å². The van der Waals surface area contributed by atoms with Gasteiger partial charge in [-0.15, -0.1) is 0 Å². The van der Waals surface area contributed by atoms with Gasteiger partial charge in [-0.2, -0.15) is 16.8 Å². The largest absolute Gasteiger partial charge is 0.285 e. The number of hydrogen-bond donors (Lipinski definition) is 1. The Balaban J connectivity index is 1.56. The Morgan fingerprint density at radius 3 is 1.86 bits per heavy atom. The molecule has 4 aliphatic carbocycles. The molecule has 0 radical (unpaired) electrons. The lowest BCUT2D eigenvalue weighted by atomic mass is 9.64. The van der Waals surface area contributed by atoms with Gasteiger partial charge in [0.15, 0.2) is 0 Å². The van der Waals surface area contributed by atoms with Gasteiger partial charge in [0.2, 0.25) is 0 Å². The van der Waals surface area contributed by atoms with Crippen LogP contribution in [0.15, 0.2) is 0 Å². The molecule has 0 aromatic heterocycles. The predicted octanol–water partition coefficient (Wildman–Crippen LogP) is 3.34. The van der Waals surface area contributed by atoms with Gasteiger partial charge in [-0.1, -0.05) is 13.8 Å². The summed E-state index contributed by atoms with van der Waals surface area (Å²) < 4.78 is 64.7. The van der Waals surface area contributed by atoms with Crippen LogP contribution in [-0.4, -0.2) is 37.5 Å². The fraction of sp³-hybridized carbons (Fsp3) is 1.00. The molecule has 0 heterocycles. The summed E-state index contributed by atoms with van der Waals surface area (Å²) in [5, 5.41) is -1.08. The van der Waals surface area contributed by atoms with Crippen LogP contribution in [0.5, 0.6) is 0 Å². The van der Waals surface area contributed by atoms with Crippen molar-refractivity contribution in [3.05, 3.63) is 0 Å². The highest BCUT2D eigenvalue weighted by atomic mass is 32.2. The number of rotatable bonds is 4. The molecule has 0 aromatic rings. The zero-order valence-electron chi connectivity index (χ0n) is 17.4. The smallest absolute Gasteiger partial charge is 0.271 e. The summed E-state index contributed by atoms with van der Waals surface area (Å²) in [6.07, 6.45) is 2.97. The molecule has 0 spiro atoms. The van der Waals surface area contributed by atoms with Crippen LogP contribution in [0.3, 0.4) is 0 Å². The van der Waals surface area contributed by atoms with Crippen LogP contribution in [-0.2, 0) is 24.4 Å². The molecule has 4 bridgehead atoms. The first kappa shape index (κ1) is 21.1. The van der Waals surface area contributed by atoms with Gasteiger partial charge in [0.25, 0.3) is 20.2 Å². The summed E-state index contributed by atoms with van der Waals surface area (Å²) in [6, 6.07) is 0. The molecule has 28 heavy (non-hydrogen) atoms. The van der Waals surface area contributed by atoms with Gasteiger partial charge in [0.05, 0.1) is 16.1 Å². The van der Waals surface area contributed by atoms with Crippen LogP contribution >= 0.6 is 0 Å². The molecule has 4 fully saturated rings. The molecule has 0 saturated heterocycles. The molecule has 162 valence electrons. The Labute approximate surface area is 169 Å². The molecule has 4 rings (SSSR count). The lowest BCUT2D eigenvalue weighted by Gasteiger charge is -2.44. The monoisotopic (exact) mass is 434 g/mol. The molecular formula is C20H34O6S2. The maximum absolute atomic E-state index is 12.9. The summed E-state index contributed by atoms with van der Waals surface area (Å²) in [7, 11) is -7.64. The van der Waals surface area contributed by atoms with E-state index in [4.69, 9.17) is 4.18 Å². The van der Waals surface area contributed by atoms with Crippen molar-refractivity contribution in [2.75, 3.05) is 0 Å². The first-order valence-corrected chi connectivity index (χ1v) is 13.6. The lowest BCUT2D eigenvalue weighted by Crippen LogP contribution is -2.45. The van der Waals surface area contributed by atoms with Crippen molar-refractivity contribution in [3.63, 3.8) is 0 Å². The molecule has 1 N–H and O–H groups in total. The third-order valence-corrected chi connectivity index (χ3v) is 11.7. The van der Waals surface area contributed by atoms with E-state index in [2.05, 4.69) is 13.8 Å². The molecule has 4 saturated carbocycles. The van der Waals surface area contributed by atoms with Crippen LogP contribution in [0.2, 0.25) is 0 Å². The van der Waals surface area contributed by atoms with Gasteiger partial charge in [0, 0.05) is 0 Å². The van der Waals surface area contributed by atoms with Crippen molar-refractivity contribution >= 4 is 20.2 Å². The molecule has 0 aromatic carbocycles. The van der Waals surface area contributed by atoms with Crippen molar-refractivity contribution in [1.29, 1.82) is 0 Å². The third-order valence-electron chi connectivity index (χ3n) is 8.41. The predicted molar refractivity (Wildman–Crippen MR) is 107 cm³/mol. The van der Waals surface area contributed by atoms with Gasteiger partial charge >= 0.3 is 0 Å². The van der Waals surface area contributed by atoms with Crippen molar-refractivity contribution in [1.82, 2.24) is 0 Å². The summed E-state index contributed by atoms with van der Waals surface area (Å²) in [6.45, 7) is 9.66. The van der Waals surface area contributed by atoms with Gasteiger partial charge < -0.3 is 0 Å². The van der Waals surface area contributed by atoms with Gasteiger partial charge in [-0.25, -0.2) is 0 Å². The van der Waals surface area contributed by atoms with Crippen LogP contribution in [0.25, 0.3) is 0 Å². The SMILES string of the molecule is CC1C2CC(CC2S(=O)(=O)OC(C)(C)C)C1C1C(C)C2CC1C(S(=O)(=O)O)C2. The minimum absolute atomic E-state index is 0.0164. The summed E-state index contributed by atoms with van der Waals surface area (Å²) in [4.78, 5) is 0. The fourth-order valence-electron chi connectivity index (χ4n) is 7.65. The summed E-state index contributed by atoms with van der Waals surface area (Å²) in [5.74, 6) is 2.05. The highest BCUT2D eigenvalue weighted by molar-refractivity contribution is 7.87. The average molecular weight is 435 g/mol. The molecule has 8 heteroatoms. The van der Waals surface area contributed by atoms with Crippen molar-refractivity contribution in [3.8, 4) is 0 Å². The lowest BCUT2D eigenvalue weighted by molar-refractivity contribution is 0.0742. The van der Waals surface area contributed by atoms with E-state index in [1.54, 1.807) is 20.8 Å². The van der Waals surface area contributed by atoms with Gasteiger partial charge in [0.1, 0.15) is 0 Å². The maximum Gasteiger partial charge on any atom is 0.271 e. The van der Waals surface area contributed by atoms with E-state index in [1.807, 2.05) is 0 Å². The normalized spacial score (nSPS) is 48.5. The van der Waals surface area contributed by atoms with E-state index in [0.29, 0.717) is 36.5 Å². The number of fused-ring (bicyclic) bond motifs is 4. The van der Waals surface area contributed by atoms with Crippen molar-refractivity contribution < 1.29 is 25.6 Å². The zero-order valence-corrected chi connectivity index (χ0v) is 19.0. The second-order valence-corrected chi connectivity index (χ2v) is 14.3. The third kappa shape index (κ3) is 3.26. The second kappa shape index (κ2) is 6.41. The molecule has 0 aliphatic heterocycles. The van der Waals surface area contributed by atoms with Crippen molar-refractivity contribution in [2.24, 2.45) is 47.3 Å². The summed E-state index contributed by atoms with van der Waals surface area (Å²) >= 11 is 0. The first-order chi connectivity index (χ1) is 12.7. The molecule has 10 atom stereocenters. The molecule has 10 unspecified atom stereocenters. The van der Waals surface area contributed by atoms with Crippen molar-refractivity contribution in [2.45, 2.75) is 76.4 Å². The van der Waals surface area contributed by atoms with Crippen LogP contribution in [0.4, 0.5) is 0 Å². The first-order valence-electron chi connectivity index (χ1n) is 10.6. The molecule has 4 aliphatic rings. The standard InChI is InChI=1S/C20H34O6S2/c1-10-12-6-15(16(8-12)27(21,22)23)19(10)18-11(2)14-7-13(18)9-17(14)28(24,25)26-20(3,4)5/h10-19H,6-9H2,1-5H3,(H,21,22,23).